The molecule has 2 nitrogen and oxygen atoms in total. The minimum absolute atomic E-state index is 0.184. The molecule has 2 N–H and O–H groups in total. The second kappa shape index (κ2) is 14.4. The monoisotopic (exact) mass is 707 g/mol. The molecular formula is C30H21BF15NO. The van der Waals surface area contributed by atoms with Crippen molar-refractivity contribution in [3.05, 3.63) is 112 Å². The van der Waals surface area contributed by atoms with Gasteiger partial charge in [-0.25, -0.2) is 65.9 Å². The van der Waals surface area contributed by atoms with E-state index in [-0.39, 0.29) is 12.1 Å². The minimum Gasteiger partial charge on any atom is -0.508 e. The summed E-state index contributed by atoms with van der Waals surface area (Å²) in [6, 6.07) is 1.11. The van der Waals surface area contributed by atoms with Crippen LogP contribution in [0.15, 0.2) is 24.3 Å². The lowest BCUT2D eigenvalue weighted by molar-refractivity contribution is -0.894. The Morgan fingerprint density at radius 2 is 0.604 bits per heavy atom. The second-order valence-corrected chi connectivity index (χ2v) is 10.2. The third-order valence-corrected chi connectivity index (χ3v) is 7.92. The highest BCUT2D eigenvalue weighted by atomic mass is 19.2. The molecule has 0 aromatic heterocycles. The quantitative estimate of drug-likeness (QED) is 0.123. The largest absolute Gasteiger partial charge is 0.508 e. The van der Waals surface area contributed by atoms with Crippen LogP contribution in [0.25, 0.3) is 0 Å². The Balaban J connectivity index is 0.000000804. The molecule has 0 saturated heterocycles. The van der Waals surface area contributed by atoms with Crippen LogP contribution in [0.4, 0.5) is 65.9 Å². The van der Waals surface area contributed by atoms with E-state index in [1.165, 1.54) is 19.6 Å². The van der Waals surface area contributed by atoms with Gasteiger partial charge < -0.3 is 10.0 Å². The van der Waals surface area contributed by atoms with Crippen LogP contribution < -0.4 is 26.8 Å². The summed E-state index contributed by atoms with van der Waals surface area (Å²) in [5.41, 5.74) is -9.80. The zero-order valence-corrected chi connectivity index (χ0v) is 24.6. The number of phenolic OH excluding ortho intramolecular Hbond substituents is 1. The lowest BCUT2D eigenvalue weighted by atomic mass is 9.12. The molecule has 0 radical (unpaired) electrons. The third kappa shape index (κ3) is 5.94. The Hall–Kier alpha value is -4.35. The predicted octanol–water partition coefficient (Wildman–Crippen LogP) is 4.79. The minimum atomic E-state index is -5.84. The number of hydrogen-bond acceptors (Lipinski definition) is 1. The van der Waals surface area contributed by atoms with Crippen LogP contribution in [0, 0.1) is 87.3 Å². The van der Waals surface area contributed by atoms with E-state index >= 15 is 26.3 Å². The third-order valence-electron chi connectivity index (χ3n) is 7.92. The van der Waals surface area contributed by atoms with Crippen molar-refractivity contribution in [3.63, 3.8) is 0 Å². The molecule has 0 atom stereocenters. The van der Waals surface area contributed by atoms with Crippen molar-refractivity contribution < 1.29 is 75.9 Å². The number of phenols is 1. The number of benzene rings is 4. The first-order chi connectivity index (χ1) is 22.4. The molecule has 0 unspecified atom stereocenters. The van der Waals surface area contributed by atoms with E-state index in [4.69, 9.17) is 0 Å². The molecule has 0 fully saturated rings. The zero-order valence-electron chi connectivity index (χ0n) is 24.6. The van der Waals surface area contributed by atoms with Crippen molar-refractivity contribution in [2.75, 3.05) is 19.6 Å². The molecule has 260 valence electrons. The van der Waals surface area contributed by atoms with Gasteiger partial charge in [0.2, 0.25) is 0 Å². The molecule has 4 rings (SSSR count). The molecule has 0 aliphatic rings. The molecule has 0 bridgehead atoms. The molecule has 0 heterocycles. The highest BCUT2D eigenvalue weighted by molar-refractivity contribution is 7.20. The highest BCUT2D eigenvalue weighted by Crippen LogP contribution is 2.28. The number of halogens is 15. The van der Waals surface area contributed by atoms with Crippen molar-refractivity contribution in [3.8, 4) is 5.75 Å². The number of aromatic hydroxyl groups is 1. The fourth-order valence-electron chi connectivity index (χ4n) is 5.45. The zero-order chi connectivity index (χ0) is 36.6. The topological polar surface area (TPSA) is 24.7 Å². The Kier molecular flexibility index (Phi) is 11.4. The van der Waals surface area contributed by atoms with Gasteiger partial charge in [-0.3, -0.25) is 0 Å². The van der Waals surface area contributed by atoms with Gasteiger partial charge >= 0.3 is 0 Å². The summed E-state index contributed by atoms with van der Waals surface area (Å²) in [5, 5.41) is 9.59. The Labute approximate surface area is 261 Å². The van der Waals surface area contributed by atoms with Crippen molar-refractivity contribution >= 4 is 28.0 Å². The molecule has 0 amide bonds. The van der Waals surface area contributed by atoms with Gasteiger partial charge in [0, 0.05) is 0 Å². The molecule has 48 heavy (non-hydrogen) atoms. The Bertz CT molecular complexity index is 1600. The van der Waals surface area contributed by atoms with E-state index in [1.807, 2.05) is 0 Å². The molecule has 18 heteroatoms. The van der Waals surface area contributed by atoms with Gasteiger partial charge in [0.15, 0.2) is 52.4 Å². The van der Waals surface area contributed by atoms with Crippen LogP contribution in [0.3, 0.4) is 0 Å². The van der Waals surface area contributed by atoms with Gasteiger partial charge in [-0.2, -0.15) is 5.46 Å². The maximum Gasteiger partial charge on any atom is 0.200 e. The molecule has 4 aromatic carbocycles. The molecule has 0 aliphatic heterocycles. The molecule has 0 saturated carbocycles. The van der Waals surface area contributed by atoms with E-state index in [2.05, 4.69) is 20.8 Å². The average molecular weight is 707 g/mol. The Morgan fingerprint density at radius 3 is 0.792 bits per heavy atom. The maximum absolute atomic E-state index is 15.4. The Morgan fingerprint density at radius 1 is 0.396 bits per heavy atom. The van der Waals surface area contributed by atoms with Crippen LogP contribution in [0.5, 0.6) is 5.75 Å². The average Bonchev–Trinajstić information content (AvgIpc) is 3.07. The normalized spacial score (nSPS) is 11.6. The van der Waals surface area contributed by atoms with E-state index in [0.717, 1.165) is 0 Å². The summed E-state index contributed by atoms with van der Waals surface area (Å²) in [6.45, 7) is 10.5. The summed E-state index contributed by atoms with van der Waals surface area (Å²) >= 11 is 0. The molecular weight excluding hydrogens is 686 g/mol. The summed E-state index contributed by atoms with van der Waals surface area (Å²) in [5.74, 6) is -47.1. The fourth-order valence-corrected chi connectivity index (χ4v) is 5.45. The molecule has 0 aliphatic carbocycles. The van der Waals surface area contributed by atoms with Crippen molar-refractivity contribution in [2.45, 2.75) is 20.8 Å². The summed E-state index contributed by atoms with van der Waals surface area (Å²) in [7, 11) is 0. The highest BCUT2D eigenvalue weighted by Gasteiger charge is 2.48. The first-order valence-corrected chi connectivity index (χ1v) is 13.7. The number of nitrogens with one attached hydrogen (secondary N) is 1. The van der Waals surface area contributed by atoms with Crippen LogP contribution in [0.1, 0.15) is 20.8 Å². The van der Waals surface area contributed by atoms with Crippen molar-refractivity contribution in [2.24, 2.45) is 0 Å². The van der Waals surface area contributed by atoms with Gasteiger partial charge in [-0.05, 0) is 32.9 Å². The van der Waals surface area contributed by atoms with Crippen molar-refractivity contribution in [1.82, 2.24) is 0 Å². The van der Waals surface area contributed by atoms with Gasteiger partial charge in [0.1, 0.15) is 46.8 Å². The van der Waals surface area contributed by atoms with E-state index in [1.54, 1.807) is 4.90 Å². The lowest BCUT2D eigenvalue weighted by Gasteiger charge is -2.44. The summed E-state index contributed by atoms with van der Waals surface area (Å²) < 4.78 is 220. The van der Waals surface area contributed by atoms with Gasteiger partial charge in [-0.15, -0.1) is 16.4 Å². The van der Waals surface area contributed by atoms with E-state index in [0.29, 0.717) is 12.1 Å². The van der Waals surface area contributed by atoms with Crippen molar-refractivity contribution in [1.29, 1.82) is 0 Å². The first kappa shape index (κ1) is 38.1. The molecule has 0 spiro atoms. The second-order valence-electron chi connectivity index (χ2n) is 10.2. The van der Waals surface area contributed by atoms with Gasteiger partial charge in [0.25, 0.3) is 0 Å². The maximum atomic E-state index is 15.4. The SMILES string of the molecule is CC[NH+](CC)CC.Oc1ccc([B-](c2c(F)c(F)c(F)c(F)c2F)(c2c(F)c(F)c(F)c(F)c2F)c2c(F)c(F)c(F)c(F)c2F)cc1. The van der Waals surface area contributed by atoms with Gasteiger partial charge in [-0.1, -0.05) is 12.1 Å². The predicted molar refractivity (Wildman–Crippen MR) is 144 cm³/mol. The fraction of sp³-hybridized carbons (Fsp3) is 0.200. The summed E-state index contributed by atoms with van der Waals surface area (Å²) in [6.07, 6.45) is -5.84. The van der Waals surface area contributed by atoms with E-state index in [9.17, 15) is 44.6 Å². The number of hydrogen-bond donors (Lipinski definition) is 2. The first-order valence-electron chi connectivity index (χ1n) is 13.7. The van der Waals surface area contributed by atoms with E-state index < -0.39 is 121 Å². The summed E-state index contributed by atoms with van der Waals surface area (Å²) in [4.78, 5) is 1.68. The number of rotatable bonds is 7. The smallest absolute Gasteiger partial charge is 0.200 e. The van der Waals surface area contributed by atoms with Gasteiger partial charge in [0.05, 0.1) is 19.6 Å². The molecule has 4 aromatic rings. The van der Waals surface area contributed by atoms with Crippen LogP contribution in [0.2, 0.25) is 0 Å². The van der Waals surface area contributed by atoms with Crippen LogP contribution >= 0.6 is 0 Å². The number of quaternary nitrogens is 1. The standard InChI is InChI=1S/C24H5BF15O.C6H15N/c26-10-7(11(27)17(33)22(38)16(10)32)25(5-1-3-6(41)4-2-5,8-12(28)18(34)23(39)19(35)13(8)29)9-14(30)20(36)24(40)21(37)15(9)31;1-4-7(5-2)6-3/h1-4,41H;4-6H2,1-3H3/q-1;/p+1. The van der Waals surface area contributed by atoms with Crippen LogP contribution in [-0.4, -0.2) is 30.9 Å². The lowest BCUT2D eigenvalue weighted by Crippen LogP contribution is -3.11. The van der Waals surface area contributed by atoms with Crippen LogP contribution in [-0.2, 0) is 0 Å².